The van der Waals surface area contributed by atoms with E-state index < -0.39 is 0 Å². The van der Waals surface area contributed by atoms with E-state index in [2.05, 4.69) is 32.9 Å². The van der Waals surface area contributed by atoms with Crippen molar-refractivity contribution in [3.05, 3.63) is 81.4 Å². The molecule has 1 amide bonds. The van der Waals surface area contributed by atoms with Crippen molar-refractivity contribution in [1.82, 2.24) is 0 Å². The Labute approximate surface area is 183 Å². The van der Waals surface area contributed by atoms with Crippen molar-refractivity contribution in [1.29, 1.82) is 0 Å². The molecular formula is C23H21IN2O3. The van der Waals surface area contributed by atoms with Gasteiger partial charge in [-0.15, -0.1) is 0 Å². The highest BCUT2D eigenvalue weighted by Crippen LogP contribution is 2.33. The van der Waals surface area contributed by atoms with Crippen LogP contribution in [0.1, 0.15) is 11.1 Å². The van der Waals surface area contributed by atoms with Gasteiger partial charge in [-0.05, 0) is 77.0 Å². The van der Waals surface area contributed by atoms with Gasteiger partial charge in [0.1, 0.15) is 0 Å². The molecule has 0 spiro atoms. The molecule has 3 rings (SSSR count). The number of amides is 1. The van der Waals surface area contributed by atoms with E-state index in [1.807, 2.05) is 73.7 Å². The summed E-state index contributed by atoms with van der Waals surface area (Å²) < 4.78 is 12.0. The third-order valence-corrected chi connectivity index (χ3v) is 4.82. The van der Waals surface area contributed by atoms with Crippen LogP contribution in [0.5, 0.6) is 11.5 Å². The molecule has 148 valence electrons. The van der Waals surface area contributed by atoms with Crippen LogP contribution in [-0.4, -0.2) is 25.8 Å². The number of ether oxygens (including phenoxy) is 2. The third-order valence-electron chi connectivity index (χ3n) is 4.02. The molecule has 0 aliphatic heterocycles. The molecule has 0 unspecified atom stereocenters. The normalized spacial score (nSPS) is 10.7. The molecular weight excluding hydrogens is 479 g/mol. The van der Waals surface area contributed by atoms with Gasteiger partial charge in [-0.1, -0.05) is 30.3 Å². The summed E-state index contributed by atoms with van der Waals surface area (Å²) in [5.74, 6) is 0.849. The fourth-order valence-corrected chi connectivity index (χ4v) is 3.46. The van der Waals surface area contributed by atoms with Crippen LogP contribution in [0.25, 0.3) is 0 Å². The monoisotopic (exact) mass is 500 g/mol. The molecule has 0 saturated carbocycles. The summed E-state index contributed by atoms with van der Waals surface area (Å²) in [6, 6.07) is 21.1. The Bertz CT molecular complexity index is 1020. The maximum Gasteiger partial charge on any atom is 0.262 e. The van der Waals surface area contributed by atoms with Gasteiger partial charge in [-0.3, -0.25) is 9.79 Å². The Morgan fingerprint density at radius 3 is 2.62 bits per heavy atom. The summed E-state index contributed by atoms with van der Waals surface area (Å²) in [7, 11) is 1.57. The number of para-hydroxylation sites is 1. The van der Waals surface area contributed by atoms with E-state index in [4.69, 9.17) is 9.47 Å². The van der Waals surface area contributed by atoms with E-state index in [0.29, 0.717) is 11.5 Å². The number of hydrogen-bond donors (Lipinski definition) is 1. The van der Waals surface area contributed by atoms with Crippen molar-refractivity contribution in [3.8, 4) is 11.5 Å². The molecule has 29 heavy (non-hydrogen) atoms. The highest BCUT2D eigenvalue weighted by Gasteiger charge is 2.13. The van der Waals surface area contributed by atoms with Crippen LogP contribution in [0.3, 0.4) is 0 Å². The van der Waals surface area contributed by atoms with E-state index in [0.717, 1.165) is 26.1 Å². The molecule has 3 aromatic carbocycles. The zero-order valence-electron chi connectivity index (χ0n) is 16.2. The van der Waals surface area contributed by atoms with Gasteiger partial charge < -0.3 is 14.8 Å². The fraction of sp³-hybridized carbons (Fsp3) is 0.130. The Kier molecular flexibility index (Phi) is 7.24. The molecule has 5 nitrogen and oxygen atoms in total. The number of carbonyl (C=O) groups excluding carboxylic acids is 1. The van der Waals surface area contributed by atoms with Crippen molar-refractivity contribution in [2.24, 2.45) is 4.99 Å². The van der Waals surface area contributed by atoms with Crippen LogP contribution in [0.2, 0.25) is 0 Å². The molecule has 0 bridgehead atoms. The number of nitrogens with zero attached hydrogens (tertiary/aromatic N) is 1. The highest BCUT2D eigenvalue weighted by atomic mass is 127. The van der Waals surface area contributed by atoms with E-state index in [1.165, 1.54) is 0 Å². The van der Waals surface area contributed by atoms with Crippen LogP contribution >= 0.6 is 22.6 Å². The molecule has 0 aliphatic carbocycles. The number of halogens is 1. The molecule has 0 radical (unpaired) electrons. The Morgan fingerprint density at radius 1 is 1.10 bits per heavy atom. The molecule has 3 aromatic rings. The largest absolute Gasteiger partial charge is 0.493 e. The number of aryl methyl sites for hydroxylation is 1. The maximum atomic E-state index is 12.2. The smallest absolute Gasteiger partial charge is 0.262 e. The van der Waals surface area contributed by atoms with Crippen LogP contribution in [0.4, 0.5) is 11.4 Å². The number of aliphatic imine (C=N–C) groups is 1. The fourth-order valence-electron chi connectivity index (χ4n) is 2.68. The minimum atomic E-state index is -0.233. The first kappa shape index (κ1) is 20.9. The summed E-state index contributed by atoms with van der Waals surface area (Å²) in [5, 5.41) is 2.83. The second-order valence-corrected chi connectivity index (χ2v) is 7.50. The van der Waals surface area contributed by atoms with Gasteiger partial charge in [-0.2, -0.15) is 0 Å². The Balaban J connectivity index is 1.69. The number of hydrogen-bond acceptors (Lipinski definition) is 4. The van der Waals surface area contributed by atoms with Gasteiger partial charge in [0.15, 0.2) is 18.1 Å². The van der Waals surface area contributed by atoms with Crippen molar-refractivity contribution < 1.29 is 14.3 Å². The predicted octanol–water partition coefficient (Wildman–Crippen LogP) is 5.38. The second-order valence-electron chi connectivity index (χ2n) is 6.33. The summed E-state index contributed by atoms with van der Waals surface area (Å²) in [6.07, 6.45) is 1.77. The number of rotatable bonds is 7. The number of carbonyl (C=O) groups is 1. The van der Waals surface area contributed by atoms with Crippen molar-refractivity contribution in [2.75, 3.05) is 19.0 Å². The quantitative estimate of drug-likeness (QED) is 0.350. The summed E-state index contributed by atoms with van der Waals surface area (Å²) in [5.41, 5.74) is 3.57. The second kappa shape index (κ2) is 10.1. The van der Waals surface area contributed by atoms with Gasteiger partial charge in [0, 0.05) is 11.9 Å². The van der Waals surface area contributed by atoms with Crippen molar-refractivity contribution in [2.45, 2.75) is 6.92 Å². The Morgan fingerprint density at radius 2 is 1.90 bits per heavy atom. The first-order valence-corrected chi connectivity index (χ1v) is 10.1. The van der Waals surface area contributed by atoms with E-state index >= 15 is 0 Å². The zero-order valence-corrected chi connectivity index (χ0v) is 18.3. The number of anilines is 1. The van der Waals surface area contributed by atoms with Crippen molar-refractivity contribution in [3.63, 3.8) is 0 Å². The molecule has 0 saturated heterocycles. The van der Waals surface area contributed by atoms with E-state index in [1.54, 1.807) is 13.3 Å². The SMILES string of the molecule is COc1cc(C=Nc2ccccc2)cc(I)c1OCC(=O)Nc1cccc(C)c1. The first-order valence-electron chi connectivity index (χ1n) is 9.01. The topological polar surface area (TPSA) is 59.9 Å². The molecule has 0 atom stereocenters. The number of benzene rings is 3. The minimum Gasteiger partial charge on any atom is -0.493 e. The zero-order chi connectivity index (χ0) is 20.6. The van der Waals surface area contributed by atoms with Gasteiger partial charge in [0.2, 0.25) is 0 Å². The van der Waals surface area contributed by atoms with Gasteiger partial charge >= 0.3 is 0 Å². The summed E-state index contributed by atoms with van der Waals surface area (Å²) >= 11 is 2.17. The molecule has 6 heteroatoms. The molecule has 0 aromatic heterocycles. The van der Waals surface area contributed by atoms with E-state index in [-0.39, 0.29) is 12.5 Å². The standard InChI is InChI=1S/C23H21IN2O3/c1-16-7-6-10-19(11-16)26-22(27)15-29-23-20(24)12-17(13-21(23)28-2)14-25-18-8-4-3-5-9-18/h3-14H,15H2,1-2H3,(H,26,27). The predicted molar refractivity (Wildman–Crippen MR) is 125 cm³/mol. The molecule has 0 heterocycles. The summed E-state index contributed by atoms with van der Waals surface area (Å²) in [4.78, 5) is 16.7. The van der Waals surface area contributed by atoms with Gasteiger partial charge in [0.25, 0.3) is 5.91 Å². The van der Waals surface area contributed by atoms with E-state index in [9.17, 15) is 4.79 Å². The lowest BCUT2D eigenvalue weighted by Crippen LogP contribution is -2.20. The minimum absolute atomic E-state index is 0.113. The number of methoxy groups -OCH3 is 1. The average molecular weight is 500 g/mol. The maximum absolute atomic E-state index is 12.2. The van der Waals surface area contributed by atoms with Crippen molar-refractivity contribution >= 4 is 46.1 Å². The van der Waals surface area contributed by atoms with Gasteiger partial charge in [-0.25, -0.2) is 0 Å². The first-order chi connectivity index (χ1) is 14.0. The van der Waals surface area contributed by atoms with Crippen LogP contribution in [-0.2, 0) is 4.79 Å². The molecule has 0 fully saturated rings. The lowest BCUT2D eigenvalue weighted by molar-refractivity contribution is -0.118. The highest BCUT2D eigenvalue weighted by molar-refractivity contribution is 14.1. The van der Waals surface area contributed by atoms with Gasteiger partial charge in [0.05, 0.1) is 16.4 Å². The Hall–Kier alpha value is -2.87. The molecule has 1 N–H and O–H groups in total. The summed E-state index contributed by atoms with van der Waals surface area (Å²) in [6.45, 7) is 1.86. The molecule has 0 aliphatic rings. The average Bonchev–Trinajstić information content (AvgIpc) is 2.72. The third kappa shape index (κ3) is 6.05. The van der Waals surface area contributed by atoms with Crippen LogP contribution in [0.15, 0.2) is 71.7 Å². The lowest BCUT2D eigenvalue weighted by atomic mass is 10.2. The van der Waals surface area contributed by atoms with Crippen LogP contribution in [0, 0.1) is 10.5 Å². The lowest BCUT2D eigenvalue weighted by Gasteiger charge is -2.13. The number of nitrogens with one attached hydrogen (secondary N) is 1. The van der Waals surface area contributed by atoms with Crippen LogP contribution < -0.4 is 14.8 Å².